The van der Waals surface area contributed by atoms with Crippen molar-refractivity contribution in [3.63, 3.8) is 0 Å². The van der Waals surface area contributed by atoms with Crippen LogP contribution in [0.2, 0.25) is 0 Å². The van der Waals surface area contributed by atoms with Crippen LogP contribution in [-0.2, 0) is 9.47 Å². The van der Waals surface area contributed by atoms with E-state index in [1.54, 1.807) is 0 Å². The van der Waals surface area contributed by atoms with Crippen LogP contribution < -0.4 is 0 Å². The smallest absolute Gasteiger partial charge is 0.229 e. The highest BCUT2D eigenvalue weighted by Crippen LogP contribution is 1.92. The molecule has 4 heteroatoms. The molecule has 0 aromatic carbocycles. The number of rotatable bonds is 4. The first-order valence-corrected chi connectivity index (χ1v) is 2.12. The Morgan fingerprint density at radius 2 is 2.25 bits per heavy atom. The molecule has 0 N–H and O–H groups in total. The molecule has 0 aromatic rings. The molecule has 1 atom stereocenters. The highest BCUT2D eigenvalue weighted by molar-refractivity contribution is 4.29. The molecule has 0 saturated carbocycles. The van der Waals surface area contributed by atoms with Gasteiger partial charge in [-0.3, -0.25) is 0 Å². The number of ether oxygens (including phenoxy) is 2. The maximum atomic E-state index is 11.6. The zero-order valence-electron chi connectivity index (χ0n) is 4.56. The van der Waals surface area contributed by atoms with Crippen LogP contribution >= 0.6 is 0 Å². The van der Waals surface area contributed by atoms with E-state index in [9.17, 15) is 8.78 Å². The van der Waals surface area contributed by atoms with E-state index in [2.05, 4.69) is 9.47 Å². The monoisotopic (exact) mass is 126 g/mol. The Morgan fingerprint density at radius 3 is 2.62 bits per heavy atom. The molecule has 2 nitrogen and oxygen atoms in total. The summed E-state index contributed by atoms with van der Waals surface area (Å²) >= 11 is 0. The van der Waals surface area contributed by atoms with Gasteiger partial charge in [-0.05, 0) is 0 Å². The Labute approximate surface area is 46.4 Å². The molecule has 0 aliphatic heterocycles. The first-order chi connectivity index (χ1) is 3.81. The molecule has 50 valence electrons. The van der Waals surface area contributed by atoms with E-state index in [0.717, 1.165) is 0 Å². The zero-order valence-corrected chi connectivity index (χ0v) is 4.56. The summed E-state index contributed by atoms with van der Waals surface area (Å²) in [4.78, 5) is 0. The molecule has 0 radical (unpaired) electrons. The third-order valence-corrected chi connectivity index (χ3v) is 0.488. The van der Waals surface area contributed by atoms with Gasteiger partial charge in [0.05, 0.1) is 0 Å². The van der Waals surface area contributed by atoms with Crippen LogP contribution in [0.1, 0.15) is 0 Å². The highest BCUT2D eigenvalue weighted by atomic mass is 19.2. The molecule has 0 saturated heterocycles. The topological polar surface area (TPSA) is 18.5 Å². The summed E-state index contributed by atoms with van der Waals surface area (Å²) in [5, 5.41) is 0. The van der Waals surface area contributed by atoms with Gasteiger partial charge in [-0.1, -0.05) is 0 Å². The van der Waals surface area contributed by atoms with Gasteiger partial charge in [0, 0.05) is 7.11 Å². The SMILES string of the molecule is COCOC(F)CF. The lowest BCUT2D eigenvalue weighted by Crippen LogP contribution is -2.10. The fourth-order valence-electron chi connectivity index (χ4n) is 0.186. The molecule has 0 aromatic heterocycles. The molecule has 0 aliphatic rings. The largest absolute Gasteiger partial charge is 0.359 e. The van der Waals surface area contributed by atoms with Crippen LogP contribution in [0.4, 0.5) is 8.78 Å². The molecule has 0 amide bonds. The minimum absolute atomic E-state index is 0.203. The summed E-state index contributed by atoms with van der Waals surface area (Å²) in [6.07, 6.45) is -1.84. The van der Waals surface area contributed by atoms with E-state index in [1.165, 1.54) is 7.11 Å². The molecular weight excluding hydrogens is 118 g/mol. The molecular formula is C4H8F2O2. The van der Waals surface area contributed by atoms with Crippen LogP contribution in [-0.4, -0.2) is 26.9 Å². The Kier molecular flexibility index (Phi) is 4.79. The standard InChI is InChI=1S/C4H8F2O2/c1-7-3-8-4(6)2-5/h4H,2-3H2,1H3. The number of hydrogen-bond acceptors (Lipinski definition) is 2. The second-order valence-electron chi connectivity index (χ2n) is 1.14. The minimum Gasteiger partial charge on any atom is -0.359 e. The van der Waals surface area contributed by atoms with Gasteiger partial charge in [0.1, 0.15) is 13.5 Å². The van der Waals surface area contributed by atoms with Crippen LogP contribution in [0, 0.1) is 0 Å². The average molecular weight is 126 g/mol. The van der Waals surface area contributed by atoms with Crippen molar-refractivity contribution >= 4 is 0 Å². The van der Waals surface area contributed by atoms with Crippen molar-refractivity contribution in [3.05, 3.63) is 0 Å². The summed E-state index contributed by atoms with van der Waals surface area (Å²) < 4.78 is 31.2. The van der Waals surface area contributed by atoms with Gasteiger partial charge >= 0.3 is 0 Å². The van der Waals surface area contributed by atoms with Crippen LogP contribution in [0.15, 0.2) is 0 Å². The van der Waals surface area contributed by atoms with Gasteiger partial charge in [0.2, 0.25) is 6.36 Å². The zero-order chi connectivity index (χ0) is 6.41. The van der Waals surface area contributed by atoms with E-state index in [4.69, 9.17) is 0 Å². The minimum atomic E-state index is -1.84. The Bertz CT molecular complexity index is 51.3. The number of methoxy groups -OCH3 is 1. The maximum Gasteiger partial charge on any atom is 0.229 e. The van der Waals surface area contributed by atoms with Gasteiger partial charge < -0.3 is 9.47 Å². The molecule has 0 bridgehead atoms. The summed E-state index contributed by atoms with van der Waals surface area (Å²) in [5.74, 6) is 0. The summed E-state index contributed by atoms with van der Waals surface area (Å²) in [6.45, 7) is -1.32. The normalized spacial score (nSPS) is 13.9. The number of alkyl halides is 2. The van der Waals surface area contributed by atoms with E-state index in [-0.39, 0.29) is 6.79 Å². The van der Waals surface area contributed by atoms with Crippen molar-refractivity contribution in [2.75, 3.05) is 20.6 Å². The van der Waals surface area contributed by atoms with Crippen LogP contribution in [0.3, 0.4) is 0 Å². The van der Waals surface area contributed by atoms with E-state index < -0.39 is 13.0 Å². The Hall–Kier alpha value is -0.220. The molecule has 8 heavy (non-hydrogen) atoms. The second kappa shape index (κ2) is 4.93. The fourth-order valence-corrected chi connectivity index (χ4v) is 0.186. The molecule has 0 rings (SSSR count). The third-order valence-electron chi connectivity index (χ3n) is 0.488. The lowest BCUT2D eigenvalue weighted by molar-refractivity contribution is -0.129. The molecule has 0 spiro atoms. The molecule has 0 aliphatic carbocycles. The summed E-state index contributed by atoms with van der Waals surface area (Å²) in [6, 6.07) is 0. The van der Waals surface area contributed by atoms with Crippen molar-refractivity contribution in [1.29, 1.82) is 0 Å². The van der Waals surface area contributed by atoms with Gasteiger partial charge in [-0.25, -0.2) is 8.78 Å². The average Bonchev–Trinajstić information content (AvgIpc) is 1.83. The van der Waals surface area contributed by atoms with Crippen LogP contribution in [0.5, 0.6) is 0 Å². The van der Waals surface area contributed by atoms with Gasteiger partial charge in [0.25, 0.3) is 0 Å². The van der Waals surface area contributed by atoms with Gasteiger partial charge in [-0.2, -0.15) is 0 Å². The van der Waals surface area contributed by atoms with Gasteiger partial charge in [0.15, 0.2) is 0 Å². The van der Waals surface area contributed by atoms with E-state index in [0.29, 0.717) is 0 Å². The van der Waals surface area contributed by atoms with Crippen LogP contribution in [0.25, 0.3) is 0 Å². The molecule has 0 fully saturated rings. The summed E-state index contributed by atoms with van der Waals surface area (Å²) in [5.41, 5.74) is 0. The quantitative estimate of drug-likeness (QED) is 0.520. The number of hydrogen-bond donors (Lipinski definition) is 0. The first-order valence-electron chi connectivity index (χ1n) is 2.12. The maximum absolute atomic E-state index is 11.6. The molecule has 1 unspecified atom stereocenters. The van der Waals surface area contributed by atoms with Gasteiger partial charge in [-0.15, -0.1) is 0 Å². The van der Waals surface area contributed by atoms with Crippen molar-refractivity contribution in [2.45, 2.75) is 6.36 Å². The second-order valence-corrected chi connectivity index (χ2v) is 1.14. The highest BCUT2D eigenvalue weighted by Gasteiger charge is 2.02. The summed E-state index contributed by atoms with van der Waals surface area (Å²) in [7, 11) is 1.34. The van der Waals surface area contributed by atoms with Crippen molar-refractivity contribution in [1.82, 2.24) is 0 Å². The van der Waals surface area contributed by atoms with E-state index in [1.807, 2.05) is 0 Å². The predicted octanol–water partition coefficient (Wildman–Crippen LogP) is 0.872. The lowest BCUT2D eigenvalue weighted by Gasteiger charge is -2.02. The fraction of sp³-hybridized carbons (Fsp3) is 1.00. The first kappa shape index (κ1) is 7.78. The van der Waals surface area contributed by atoms with Crippen molar-refractivity contribution in [3.8, 4) is 0 Å². The predicted molar refractivity (Wildman–Crippen MR) is 23.8 cm³/mol. The van der Waals surface area contributed by atoms with Crippen molar-refractivity contribution < 1.29 is 18.3 Å². The number of halogens is 2. The third kappa shape index (κ3) is 3.95. The lowest BCUT2D eigenvalue weighted by atomic mass is 10.8. The Morgan fingerprint density at radius 1 is 1.62 bits per heavy atom. The Balaban J connectivity index is 2.86. The van der Waals surface area contributed by atoms with E-state index >= 15 is 0 Å². The van der Waals surface area contributed by atoms with Crippen molar-refractivity contribution in [2.24, 2.45) is 0 Å². The molecule has 0 heterocycles.